The van der Waals surface area contributed by atoms with Gasteiger partial charge in [-0.2, -0.15) is 0 Å². The number of nitrogens with one attached hydrogen (secondary N) is 4. The third-order valence-corrected chi connectivity index (χ3v) is 3.59. The van der Waals surface area contributed by atoms with Gasteiger partial charge in [-0.1, -0.05) is 0 Å². The molecule has 0 aliphatic rings. The Hall–Kier alpha value is -3.03. The minimum absolute atomic E-state index is 0.257. The van der Waals surface area contributed by atoms with Crippen molar-refractivity contribution < 1.29 is 9.53 Å². The number of aromatic nitrogens is 2. The fraction of sp³-hybridized carbons (Fsp3) is 0.389. The first-order valence-corrected chi connectivity index (χ1v) is 8.54. The standard InChI is InChI=1S/C18H26N6O2/c1-5-19-16-11-17(23-13(3)22-16)20-8-9-21-18(25)24-15-7-6-14(26-4)10-12(15)2/h6-7,10-11H,5,8-9H2,1-4H3,(H2,21,24,25)(H2,19,20,22,23). The molecule has 2 aromatic rings. The summed E-state index contributed by atoms with van der Waals surface area (Å²) in [4.78, 5) is 20.6. The van der Waals surface area contributed by atoms with E-state index in [4.69, 9.17) is 4.74 Å². The average Bonchev–Trinajstić information content (AvgIpc) is 2.60. The zero-order chi connectivity index (χ0) is 18.9. The number of anilines is 3. The summed E-state index contributed by atoms with van der Waals surface area (Å²) in [6, 6.07) is 7.09. The molecule has 0 aliphatic carbocycles. The van der Waals surface area contributed by atoms with Gasteiger partial charge in [-0.25, -0.2) is 14.8 Å². The minimum atomic E-state index is -0.257. The lowest BCUT2D eigenvalue weighted by molar-refractivity contribution is 0.252. The van der Waals surface area contributed by atoms with Gasteiger partial charge in [-0.15, -0.1) is 0 Å². The molecule has 2 rings (SSSR count). The quantitative estimate of drug-likeness (QED) is 0.542. The molecule has 4 N–H and O–H groups in total. The fourth-order valence-electron chi connectivity index (χ4n) is 2.37. The molecule has 0 spiro atoms. The zero-order valence-electron chi connectivity index (χ0n) is 15.6. The third kappa shape index (κ3) is 5.80. The summed E-state index contributed by atoms with van der Waals surface area (Å²) < 4.78 is 5.16. The van der Waals surface area contributed by atoms with Crippen LogP contribution in [0.3, 0.4) is 0 Å². The fourth-order valence-corrected chi connectivity index (χ4v) is 2.37. The van der Waals surface area contributed by atoms with Crippen molar-refractivity contribution in [2.45, 2.75) is 20.8 Å². The lowest BCUT2D eigenvalue weighted by Gasteiger charge is -2.12. The number of carbonyl (C=O) groups excluding carboxylic acids is 1. The van der Waals surface area contributed by atoms with Gasteiger partial charge < -0.3 is 26.0 Å². The Morgan fingerprint density at radius 1 is 1.08 bits per heavy atom. The molecule has 1 heterocycles. The number of urea groups is 1. The predicted octanol–water partition coefficient (Wildman–Crippen LogP) is 2.77. The van der Waals surface area contributed by atoms with E-state index in [1.807, 2.05) is 45.0 Å². The van der Waals surface area contributed by atoms with E-state index in [0.717, 1.165) is 35.2 Å². The molecule has 0 saturated carbocycles. The van der Waals surface area contributed by atoms with Crippen molar-refractivity contribution in [1.29, 1.82) is 0 Å². The van der Waals surface area contributed by atoms with Crippen LogP contribution in [0.25, 0.3) is 0 Å². The van der Waals surface area contributed by atoms with Crippen molar-refractivity contribution in [2.24, 2.45) is 0 Å². The molecule has 8 nitrogen and oxygen atoms in total. The first kappa shape index (κ1) is 19.3. The number of methoxy groups -OCH3 is 1. The SMILES string of the molecule is CCNc1cc(NCCNC(=O)Nc2ccc(OC)cc2C)nc(C)n1. The third-order valence-electron chi connectivity index (χ3n) is 3.59. The highest BCUT2D eigenvalue weighted by molar-refractivity contribution is 5.90. The Labute approximate surface area is 153 Å². The van der Waals surface area contributed by atoms with Gasteiger partial charge in [0.1, 0.15) is 23.2 Å². The van der Waals surface area contributed by atoms with Crippen LogP contribution in [0.5, 0.6) is 5.75 Å². The molecule has 0 saturated heterocycles. The molecule has 0 radical (unpaired) electrons. The molecular weight excluding hydrogens is 332 g/mol. The molecule has 0 unspecified atom stereocenters. The van der Waals surface area contributed by atoms with Gasteiger partial charge >= 0.3 is 6.03 Å². The van der Waals surface area contributed by atoms with Crippen molar-refractivity contribution >= 4 is 23.4 Å². The second-order valence-corrected chi connectivity index (χ2v) is 5.70. The van der Waals surface area contributed by atoms with Crippen molar-refractivity contribution in [3.05, 3.63) is 35.7 Å². The van der Waals surface area contributed by atoms with Gasteiger partial charge in [0.25, 0.3) is 0 Å². The van der Waals surface area contributed by atoms with Crippen LogP contribution in [0.2, 0.25) is 0 Å². The van der Waals surface area contributed by atoms with Gasteiger partial charge in [-0.05, 0) is 44.5 Å². The van der Waals surface area contributed by atoms with E-state index in [1.165, 1.54) is 0 Å². The molecule has 0 bridgehead atoms. The first-order valence-electron chi connectivity index (χ1n) is 8.54. The van der Waals surface area contributed by atoms with Gasteiger partial charge in [0, 0.05) is 31.4 Å². The maximum Gasteiger partial charge on any atom is 0.319 e. The van der Waals surface area contributed by atoms with Crippen molar-refractivity contribution in [3.63, 3.8) is 0 Å². The molecule has 0 fully saturated rings. The summed E-state index contributed by atoms with van der Waals surface area (Å²) >= 11 is 0. The van der Waals surface area contributed by atoms with E-state index >= 15 is 0 Å². The van der Waals surface area contributed by atoms with Crippen LogP contribution in [0.4, 0.5) is 22.1 Å². The smallest absolute Gasteiger partial charge is 0.319 e. The van der Waals surface area contributed by atoms with Crippen LogP contribution in [-0.2, 0) is 0 Å². The molecular formula is C18H26N6O2. The summed E-state index contributed by atoms with van der Waals surface area (Å²) in [5.41, 5.74) is 1.68. The molecule has 8 heteroatoms. The normalized spacial score (nSPS) is 10.2. The number of hydrogen-bond acceptors (Lipinski definition) is 6. The molecule has 140 valence electrons. The van der Waals surface area contributed by atoms with Crippen LogP contribution in [0, 0.1) is 13.8 Å². The van der Waals surface area contributed by atoms with E-state index in [9.17, 15) is 4.79 Å². The van der Waals surface area contributed by atoms with Crippen LogP contribution in [0.15, 0.2) is 24.3 Å². The van der Waals surface area contributed by atoms with E-state index in [1.54, 1.807) is 7.11 Å². The van der Waals surface area contributed by atoms with Crippen molar-refractivity contribution in [2.75, 3.05) is 42.7 Å². The molecule has 1 aromatic carbocycles. The summed E-state index contributed by atoms with van der Waals surface area (Å²) in [6.45, 7) is 7.58. The highest BCUT2D eigenvalue weighted by Crippen LogP contribution is 2.20. The zero-order valence-corrected chi connectivity index (χ0v) is 15.6. The van der Waals surface area contributed by atoms with Gasteiger partial charge in [0.15, 0.2) is 0 Å². The largest absolute Gasteiger partial charge is 0.497 e. The van der Waals surface area contributed by atoms with Gasteiger partial charge in [-0.3, -0.25) is 0 Å². The predicted molar refractivity (Wildman–Crippen MR) is 104 cm³/mol. The Morgan fingerprint density at radius 2 is 1.81 bits per heavy atom. The molecule has 0 aliphatic heterocycles. The Morgan fingerprint density at radius 3 is 2.46 bits per heavy atom. The Balaban J connectivity index is 1.78. The van der Waals surface area contributed by atoms with Crippen LogP contribution < -0.4 is 26.0 Å². The number of amides is 2. The van der Waals surface area contributed by atoms with Gasteiger partial charge in [0.2, 0.25) is 0 Å². The van der Waals surface area contributed by atoms with Crippen LogP contribution in [-0.4, -0.2) is 42.7 Å². The second-order valence-electron chi connectivity index (χ2n) is 5.70. The van der Waals surface area contributed by atoms with E-state index in [2.05, 4.69) is 31.2 Å². The number of aryl methyl sites for hydroxylation is 2. The van der Waals surface area contributed by atoms with Gasteiger partial charge in [0.05, 0.1) is 7.11 Å². The molecule has 2 amide bonds. The number of benzene rings is 1. The molecule has 0 atom stereocenters. The number of hydrogen-bond donors (Lipinski definition) is 4. The van der Waals surface area contributed by atoms with E-state index in [0.29, 0.717) is 18.9 Å². The van der Waals surface area contributed by atoms with Crippen molar-refractivity contribution in [1.82, 2.24) is 15.3 Å². The summed E-state index contributed by atoms with van der Waals surface area (Å²) in [5, 5.41) is 12.0. The summed E-state index contributed by atoms with van der Waals surface area (Å²) in [7, 11) is 1.61. The number of carbonyl (C=O) groups is 1. The highest BCUT2D eigenvalue weighted by atomic mass is 16.5. The summed E-state index contributed by atoms with van der Waals surface area (Å²) in [6.07, 6.45) is 0. The monoisotopic (exact) mass is 358 g/mol. The first-order chi connectivity index (χ1) is 12.5. The lowest BCUT2D eigenvalue weighted by Crippen LogP contribution is -2.33. The Kier molecular flexibility index (Phi) is 7.02. The highest BCUT2D eigenvalue weighted by Gasteiger charge is 2.05. The maximum absolute atomic E-state index is 12.0. The van der Waals surface area contributed by atoms with Crippen molar-refractivity contribution in [3.8, 4) is 5.75 Å². The second kappa shape index (κ2) is 9.45. The number of nitrogens with zero attached hydrogens (tertiary/aromatic N) is 2. The lowest BCUT2D eigenvalue weighted by atomic mass is 10.2. The van der Waals surface area contributed by atoms with E-state index in [-0.39, 0.29) is 6.03 Å². The average molecular weight is 358 g/mol. The molecule has 26 heavy (non-hydrogen) atoms. The van der Waals surface area contributed by atoms with Crippen LogP contribution in [0.1, 0.15) is 18.3 Å². The van der Waals surface area contributed by atoms with Crippen LogP contribution >= 0.6 is 0 Å². The number of rotatable bonds is 8. The topological polar surface area (TPSA) is 100 Å². The minimum Gasteiger partial charge on any atom is -0.497 e. The van der Waals surface area contributed by atoms with E-state index < -0.39 is 0 Å². The summed E-state index contributed by atoms with van der Waals surface area (Å²) in [5.74, 6) is 2.95. The maximum atomic E-state index is 12.0. The Bertz CT molecular complexity index is 750. The molecule has 1 aromatic heterocycles. The number of ether oxygens (including phenoxy) is 1.